The first-order valence-electron chi connectivity index (χ1n) is 7.12. The lowest BCUT2D eigenvalue weighted by molar-refractivity contribution is -0.109. The van der Waals surface area contributed by atoms with Gasteiger partial charge in [0.05, 0.1) is 0 Å². The second kappa shape index (κ2) is 5.61. The number of amides is 1. The number of carbonyl (C=O) groups excluding carboxylic acids is 1. The van der Waals surface area contributed by atoms with Crippen LogP contribution in [0.25, 0.3) is 0 Å². The molecule has 0 spiro atoms. The lowest BCUT2D eigenvalue weighted by Crippen LogP contribution is -2.51. The highest BCUT2D eigenvalue weighted by Crippen LogP contribution is 2.25. The second-order valence-electron chi connectivity index (χ2n) is 5.53. The van der Waals surface area contributed by atoms with Gasteiger partial charge in [0.15, 0.2) is 0 Å². The largest absolute Gasteiger partial charge is 0.368 e. The average Bonchev–Trinajstić information content (AvgIpc) is 2.78. The molecule has 2 bridgehead atoms. The number of carbonyl (C=O) groups is 1. The van der Waals surface area contributed by atoms with Crippen molar-refractivity contribution in [3.05, 3.63) is 29.8 Å². The first-order valence-corrected chi connectivity index (χ1v) is 7.12. The topological polar surface area (TPSA) is 44.4 Å². The lowest BCUT2D eigenvalue weighted by Gasteiger charge is -2.34. The van der Waals surface area contributed by atoms with Crippen molar-refractivity contribution in [2.24, 2.45) is 0 Å². The minimum atomic E-state index is 0.676. The molecule has 4 nitrogen and oxygen atoms in total. The molecule has 2 N–H and O–H groups in total. The zero-order valence-electron chi connectivity index (χ0n) is 11.1. The number of hydrogen-bond donors (Lipinski definition) is 2. The van der Waals surface area contributed by atoms with Crippen molar-refractivity contribution in [2.45, 2.75) is 31.3 Å². The Morgan fingerprint density at radius 2 is 1.89 bits per heavy atom. The summed E-state index contributed by atoms with van der Waals surface area (Å²) in [4.78, 5) is 12.7. The van der Waals surface area contributed by atoms with E-state index in [0.717, 1.165) is 25.9 Å². The summed E-state index contributed by atoms with van der Waals surface area (Å²) >= 11 is 0. The maximum atomic E-state index is 10.2. The third kappa shape index (κ3) is 2.89. The maximum Gasteiger partial charge on any atom is 0.207 e. The van der Waals surface area contributed by atoms with E-state index in [-0.39, 0.29) is 0 Å². The molecule has 0 radical (unpaired) electrons. The van der Waals surface area contributed by atoms with Gasteiger partial charge in [-0.2, -0.15) is 0 Å². The van der Waals surface area contributed by atoms with Crippen LogP contribution < -0.4 is 15.5 Å². The Balaban J connectivity index is 1.60. The Hall–Kier alpha value is -1.55. The SMILES string of the molecule is O=CNCCc1ccc(N2CC3CC[C@H](C2)N3)cc1. The van der Waals surface area contributed by atoms with Crippen LogP contribution in [-0.4, -0.2) is 38.1 Å². The minimum Gasteiger partial charge on any atom is -0.368 e. The van der Waals surface area contributed by atoms with Gasteiger partial charge in [-0.15, -0.1) is 0 Å². The highest BCUT2D eigenvalue weighted by molar-refractivity contribution is 5.49. The van der Waals surface area contributed by atoms with E-state index in [0.29, 0.717) is 18.6 Å². The van der Waals surface area contributed by atoms with Crippen molar-refractivity contribution < 1.29 is 4.79 Å². The summed E-state index contributed by atoms with van der Waals surface area (Å²) in [5.74, 6) is 0. The molecular weight excluding hydrogens is 238 g/mol. The number of nitrogens with zero attached hydrogens (tertiary/aromatic N) is 1. The number of nitrogens with one attached hydrogen (secondary N) is 2. The minimum absolute atomic E-state index is 0.676. The van der Waals surface area contributed by atoms with Crippen LogP contribution in [0, 0.1) is 0 Å². The van der Waals surface area contributed by atoms with Gasteiger partial charge in [0.1, 0.15) is 0 Å². The molecule has 2 aliphatic rings. The zero-order chi connectivity index (χ0) is 13.1. The molecule has 3 rings (SSSR count). The van der Waals surface area contributed by atoms with Crippen molar-refractivity contribution in [3.63, 3.8) is 0 Å². The van der Waals surface area contributed by atoms with Crippen LogP contribution in [0.5, 0.6) is 0 Å². The first kappa shape index (κ1) is 12.5. The van der Waals surface area contributed by atoms with Gasteiger partial charge in [-0.05, 0) is 37.0 Å². The molecule has 2 saturated heterocycles. The summed E-state index contributed by atoms with van der Waals surface area (Å²) in [7, 11) is 0. The molecule has 4 heteroatoms. The van der Waals surface area contributed by atoms with Crippen molar-refractivity contribution >= 4 is 12.1 Å². The number of hydrogen-bond acceptors (Lipinski definition) is 3. The molecule has 2 fully saturated rings. The summed E-state index contributed by atoms with van der Waals surface area (Å²) in [6.07, 6.45) is 4.28. The summed E-state index contributed by atoms with van der Waals surface area (Å²) in [6, 6.07) is 10.1. The number of anilines is 1. The molecule has 0 aromatic heterocycles. The zero-order valence-corrected chi connectivity index (χ0v) is 11.1. The lowest BCUT2D eigenvalue weighted by atomic mass is 10.1. The van der Waals surface area contributed by atoms with Crippen molar-refractivity contribution in [1.29, 1.82) is 0 Å². The third-order valence-corrected chi connectivity index (χ3v) is 4.16. The molecule has 1 amide bonds. The van der Waals surface area contributed by atoms with E-state index in [4.69, 9.17) is 0 Å². The molecule has 1 aromatic carbocycles. The van der Waals surface area contributed by atoms with E-state index in [1.54, 1.807) is 0 Å². The fourth-order valence-corrected chi connectivity index (χ4v) is 3.16. The Kier molecular flexibility index (Phi) is 3.69. The monoisotopic (exact) mass is 259 g/mol. The number of benzene rings is 1. The highest BCUT2D eigenvalue weighted by atomic mass is 16.1. The molecule has 2 heterocycles. The molecule has 2 atom stereocenters. The van der Waals surface area contributed by atoms with Crippen molar-refractivity contribution in [1.82, 2.24) is 10.6 Å². The van der Waals surface area contributed by atoms with Gasteiger partial charge in [0.25, 0.3) is 0 Å². The van der Waals surface area contributed by atoms with Crippen LogP contribution in [0.3, 0.4) is 0 Å². The van der Waals surface area contributed by atoms with Gasteiger partial charge >= 0.3 is 0 Å². The number of rotatable bonds is 5. The van der Waals surface area contributed by atoms with Crippen molar-refractivity contribution in [2.75, 3.05) is 24.5 Å². The summed E-state index contributed by atoms with van der Waals surface area (Å²) in [6.45, 7) is 2.96. The molecule has 1 unspecified atom stereocenters. The van der Waals surface area contributed by atoms with Gasteiger partial charge in [-0.25, -0.2) is 0 Å². The predicted molar refractivity (Wildman–Crippen MR) is 76.4 cm³/mol. The number of fused-ring (bicyclic) bond motifs is 2. The Labute approximate surface area is 114 Å². The van der Waals surface area contributed by atoms with E-state index < -0.39 is 0 Å². The maximum absolute atomic E-state index is 10.2. The molecule has 0 aliphatic carbocycles. The normalized spacial score (nSPS) is 25.4. The van der Waals surface area contributed by atoms with Gasteiger partial charge in [0.2, 0.25) is 6.41 Å². The third-order valence-electron chi connectivity index (χ3n) is 4.16. The second-order valence-corrected chi connectivity index (χ2v) is 5.53. The number of piperazine rings is 1. The van der Waals surface area contributed by atoms with Crippen LogP contribution >= 0.6 is 0 Å². The summed E-state index contributed by atoms with van der Waals surface area (Å²) < 4.78 is 0. The Bertz CT molecular complexity index is 420. The Morgan fingerprint density at radius 1 is 1.21 bits per heavy atom. The molecule has 19 heavy (non-hydrogen) atoms. The van der Waals surface area contributed by atoms with Crippen LogP contribution in [0.15, 0.2) is 24.3 Å². The standard InChI is InChI=1S/C15H21N3O/c19-11-16-8-7-12-1-5-15(6-2-12)18-9-13-3-4-14(10-18)17-13/h1-2,5-6,11,13-14,17H,3-4,7-10H2,(H,16,19)/t13-,14?/m1/s1. The molecule has 2 aliphatic heterocycles. The van der Waals surface area contributed by atoms with Gasteiger partial charge in [-0.1, -0.05) is 12.1 Å². The van der Waals surface area contributed by atoms with Crippen LogP contribution in [0.4, 0.5) is 5.69 Å². The fourth-order valence-electron chi connectivity index (χ4n) is 3.16. The highest BCUT2D eigenvalue weighted by Gasteiger charge is 2.31. The van der Waals surface area contributed by atoms with Crippen molar-refractivity contribution in [3.8, 4) is 0 Å². The molecule has 102 valence electrons. The quantitative estimate of drug-likeness (QED) is 0.610. The fraction of sp³-hybridized carbons (Fsp3) is 0.533. The summed E-state index contributed by atoms with van der Waals surface area (Å²) in [5, 5.41) is 6.35. The van der Waals surface area contributed by atoms with Gasteiger partial charge in [-0.3, -0.25) is 4.79 Å². The first-order chi connectivity index (χ1) is 9.35. The smallest absolute Gasteiger partial charge is 0.207 e. The Morgan fingerprint density at radius 3 is 2.53 bits per heavy atom. The van der Waals surface area contributed by atoms with Crippen LogP contribution in [0.1, 0.15) is 18.4 Å². The van der Waals surface area contributed by atoms with E-state index >= 15 is 0 Å². The predicted octanol–water partition coefficient (Wildman–Crippen LogP) is 0.916. The van der Waals surface area contributed by atoms with E-state index in [2.05, 4.69) is 39.8 Å². The van der Waals surface area contributed by atoms with E-state index in [9.17, 15) is 4.79 Å². The summed E-state index contributed by atoms with van der Waals surface area (Å²) in [5.41, 5.74) is 2.60. The van der Waals surface area contributed by atoms with E-state index in [1.165, 1.54) is 24.1 Å². The average molecular weight is 259 g/mol. The van der Waals surface area contributed by atoms with Crippen LogP contribution in [-0.2, 0) is 11.2 Å². The molecule has 1 aromatic rings. The molecule has 0 saturated carbocycles. The van der Waals surface area contributed by atoms with E-state index in [1.807, 2.05) is 0 Å². The van der Waals surface area contributed by atoms with Gasteiger partial charge < -0.3 is 15.5 Å². The van der Waals surface area contributed by atoms with Crippen LogP contribution in [0.2, 0.25) is 0 Å². The molecular formula is C15H21N3O. The van der Waals surface area contributed by atoms with Gasteiger partial charge in [0, 0.05) is 37.4 Å².